The Bertz CT molecular complexity index is 990. The molecule has 0 atom stereocenters. The van der Waals surface area contributed by atoms with Crippen molar-refractivity contribution in [3.05, 3.63) is 89.3 Å². The fourth-order valence-electron chi connectivity index (χ4n) is 4.31. The van der Waals surface area contributed by atoms with Crippen LogP contribution in [0.4, 0.5) is 4.39 Å². The van der Waals surface area contributed by atoms with Crippen LogP contribution in [0, 0.1) is 12.7 Å². The number of aromatic nitrogens is 2. The van der Waals surface area contributed by atoms with Gasteiger partial charge in [0.2, 0.25) is 0 Å². The van der Waals surface area contributed by atoms with Crippen LogP contribution in [-0.2, 0) is 13.1 Å². The first-order valence-corrected chi connectivity index (χ1v) is 10.7. The number of halogens is 1. The zero-order valence-corrected chi connectivity index (χ0v) is 17.4. The van der Waals surface area contributed by atoms with E-state index in [1.54, 1.807) is 18.3 Å². The van der Waals surface area contributed by atoms with E-state index in [-0.39, 0.29) is 17.8 Å². The van der Waals surface area contributed by atoms with Gasteiger partial charge in [-0.1, -0.05) is 49.1 Å². The Balaban J connectivity index is 1.58. The molecule has 1 fully saturated rings. The molecule has 156 valence electrons. The summed E-state index contributed by atoms with van der Waals surface area (Å²) in [5.41, 5.74) is 2.96. The Labute approximate surface area is 177 Å². The highest BCUT2D eigenvalue weighted by molar-refractivity contribution is 5.94. The van der Waals surface area contributed by atoms with Crippen molar-refractivity contribution in [1.29, 1.82) is 0 Å². The van der Waals surface area contributed by atoms with Crippen LogP contribution in [-0.4, -0.2) is 26.4 Å². The van der Waals surface area contributed by atoms with Crippen LogP contribution in [0.2, 0.25) is 0 Å². The average Bonchev–Trinajstić information content (AvgIpc) is 3.19. The number of imidazole rings is 1. The summed E-state index contributed by atoms with van der Waals surface area (Å²) in [4.78, 5) is 19.9. The first kappa shape index (κ1) is 20.3. The molecule has 0 unspecified atom stereocenters. The third kappa shape index (κ3) is 4.78. The van der Waals surface area contributed by atoms with Gasteiger partial charge in [0, 0.05) is 30.5 Å². The van der Waals surface area contributed by atoms with Crippen molar-refractivity contribution in [3.8, 4) is 0 Å². The number of benzene rings is 2. The molecule has 1 aromatic heterocycles. The van der Waals surface area contributed by atoms with Gasteiger partial charge in [-0.2, -0.15) is 0 Å². The van der Waals surface area contributed by atoms with E-state index in [2.05, 4.69) is 40.7 Å². The Morgan fingerprint density at radius 2 is 1.90 bits per heavy atom. The lowest BCUT2D eigenvalue weighted by Crippen LogP contribution is -2.41. The average molecular weight is 406 g/mol. The number of carbonyl (C=O) groups is 1. The normalized spacial score (nSPS) is 14.6. The second-order valence-electron chi connectivity index (χ2n) is 8.19. The molecule has 1 saturated carbocycles. The van der Waals surface area contributed by atoms with E-state index in [0.29, 0.717) is 12.1 Å². The lowest BCUT2D eigenvalue weighted by atomic mass is 9.93. The van der Waals surface area contributed by atoms with Crippen molar-refractivity contribution < 1.29 is 9.18 Å². The number of rotatable bonds is 6. The predicted molar refractivity (Wildman–Crippen MR) is 116 cm³/mol. The molecular formula is C25H28FN3O. The molecule has 2 aromatic carbocycles. The Morgan fingerprint density at radius 1 is 1.13 bits per heavy atom. The van der Waals surface area contributed by atoms with Gasteiger partial charge >= 0.3 is 0 Å². The van der Waals surface area contributed by atoms with Crippen molar-refractivity contribution in [2.75, 3.05) is 0 Å². The monoisotopic (exact) mass is 405 g/mol. The maximum absolute atomic E-state index is 13.4. The molecule has 1 heterocycles. The topological polar surface area (TPSA) is 38.1 Å². The van der Waals surface area contributed by atoms with E-state index in [9.17, 15) is 9.18 Å². The van der Waals surface area contributed by atoms with Crippen LogP contribution >= 0.6 is 0 Å². The molecule has 30 heavy (non-hydrogen) atoms. The van der Waals surface area contributed by atoms with E-state index in [4.69, 9.17) is 0 Å². The van der Waals surface area contributed by atoms with Crippen LogP contribution < -0.4 is 0 Å². The van der Waals surface area contributed by atoms with Crippen molar-refractivity contribution in [1.82, 2.24) is 14.5 Å². The van der Waals surface area contributed by atoms with Crippen LogP contribution in [0.25, 0.3) is 0 Å². The number of aryl methyl sites for hydroxylation is 1. The van der Waals surface area contributed by atoms with Gasteiger partial charge in [0.25, 0.3) is 5.91 Å². The van der Waals surface area contributed by atoms with Crippen molar-refractivity contribution in [2.24, 2.45) is 0 Å². The molecule has 0 bridgehead atoms. The van der Waals surface area contributed by atoms with E-state index in [1.165, 1.54) is 29.7 Å². The molecule has 4 nitrogen and oxygen atoms in total. The largest absolute Gasteiger partial charge is 0.329 e. The van der Waals surface area contributed by atoms with Crippen LogP contribution in [0.1, 0.15) is 59.4 Å². The zero-order chi connectivity index (χ0) is 20.9. The highest BCUT2D eigenvalue weighted by Crippen LogP contribution is 2.26. The van der Waals surface area contributed by atoms with Gasteiger partial charge in [-0.05, 0) is 49.6 Å². The fourth-order valence-corrected chi connectivity index (χ4v) is 4.31. The number of hydrogen-bond acceptors (Lipinski definition) is 2. The van der Waals surface area contributed by atoms with Gasteiger partial charge in [-0.3, -0.25) is 4.79 Å². The molecule has 4 rings (SSSR count). The SMILES string of the molecule is Cc1cccc(Cn2ccnc2CN(C(=O)c2ccc(F)cc2)C2CCCCC2)c1. The smallest absolute Gasteiger partial charge is 0.254 e. The first-order valence-electron chi connectivity index (χ1n) is 10.7. The van der Waals surface area contributed by atoms with Crippen molar-refractivity contribution in [2.45, 2.75) is 58.2 Å². The van der Waals surface area contributed by atoms with E-state index < -0.39 is 0 Å². The molecule has 3 aromatic rings. The second kappa shape index (κ2) is 9.24. The molecular weight excluding hydrogens is 377 g/mol. The zero-order valence-electron chi connectivity index (χ0n) is 17.4. The number of carbonyl (C=O) groups excluding carboxylic acids is 1. The molecule has 0 radical (unpaired) electrons. The van der Waals surface area contributed by atoms with Crippen LogP contribution in [0.3, 0.4) is 0 Å². The Hall–Kier alpha value is -2.95. The first-order chi connectivity index (χ1) is 14.6. The lowest BCUT2D eigenvalue weighted by Gasteiger charge is -2.34. The van der Waals surface area contributed by atoms with Gasteiger partial charge in [-0.15, -0.1) is 0 Å². The third-order valence-electron chi connectivity index (χ3n) is 5.92. The number of hydrogen-bond donors (Lipinski definition) is 0. The molecule has 5 heteroatoms. The minimum absolute atomic E-state index is 0.0491. The van der Waals surface area contributed by atoms with Gasteiger partial charge in [0.15, 0.2) is 0 Å². The molecule has 0 saturated heterocycles. The summed E-state index contributed by atoms with van der Waals surface area (Å²) in [6, 6.07) is 14.5. The fraction of sp³-hybridized carbons (Fsp3) is 0.360. The summed E-state index contributed by atoms with van der Waals surface area (Å²) in [7, 11) is 0. The molecule has 0 spiro atoms. The van der Waals surface area contributed by atoms with Crippen LogP contribution in [0.15, 0.2) is 60.9 Å². The van der Waals surface area contributed by atoms with Crippen molar-refractivity contribution >= 4 is 5.91 Å². The summed E-state index contributed by atoms with van der Waals surface area (Å²) in [5.74, 6) is 0.494. The molecule has 1 aliphatic rings. The summed E-state index contributed by atoms with van der Waals surface area (Å²) in [5, 5.41) is 0. The summed E-state index contributed by atoms with van der Waals surface area (Å²) in [6.07, 6.45) is 9.27. The van der Waals surface area contributed by atoms with Gasteiger partial charge in [0.05, 0.1) is 6.54 Å². The summed E-state index contributed by atoms with van der Waals surface area (Å²) < 4.78 is 15.5. The van der Waals surface area contributed by atoms with Crippen molar-refractivity contribution in [3.63, 3.8) is 0 Å². The standard InChI is InChI=1S/C25H28FN3O/c1-19-6-5-7-20(16-19)17-28-15-14-27-24(28)18-29(23-8-3-2-4-9-23)25(30)21-10-12-22(26)13-11-21/h5-7,10-16,23H,2-4,8-9,17-18H2,1H3. The molecule has 1 aliphatic carbocycles. The minimum Gasteiger partial charge on any atom is -0.329 e. The lowest BCUT2D eigenvalue weighted by molar-refractivity contribution is 0.0605. The summed E-state index contributed by atoms with van der Waals surface area (Å²) in [6.45, 7) is 3.27. The quantitative estimate of drug-likeness (QED) is 0.554. The predicted octanol–water partition coefficient (Wildman–Crippen LogP) is 5.35. The van der Waals surface area contributed by atoms with E-state index >= 15 is 0 Å². The Morgan fingerprint density at radius 3 is 2.63 bits per heavy atom. The van der Waals surface area contributed by atoms with Crippen LogP contribution in [0.5, 0.6) is 0 Å². The molecule has 0 aliphatic heterocycles. The van der Waals surface area contributed by atoms with E-state index in [1.807, 2.05) is 11.1 Å². The third-order valence-corrected chi connectivity index (χ3v) is 5.92. The number of nitrogens with zero attached hydrogens (tertiary/aromatic N) is 3. The second-order valence-corrected chi connectivity index (χ2v) is 8.19. The highest BCUT2D eigenvalue weighted by Gasteiger charge is 2.27. The van der Waals surface area contributed by atoms with Gasteiger partial charge in [-0.25, -0.2) is 9.37 Å². The maximum atomic E-state index is 13.4. The highest BCUT2D eigenvalue weighted by atomic mass is 19.1. The molecule has 0 N–H and O–H groups in total. The summed E-state index contributed by atoms with van der Waals surface area (Å²) >= 11 is 0. The van der Waals surface area contributed by atoms with Gasteiger partial charge in [0.1, 0.15) is 11.6 Å². The van der Waals surface area contributed by atoms with E-state index in [0.717, 1.165) is 38.1 Å². The van der Waals surface area contributed by atoms with Gasteiger partial charge < -0.3 is 9.47 Å². The number of amides is 1. The minimum atomic E-state index is -0.329. The Kier molecular flexibility index (Phi) is 6.26. The maximum Gasteiger partial charge on any atom is 0.254 e. The molecule has 1 amide bonds.